The van der Waals surface area contributed by atoms with Crippen LogP contribution in [0.2, 0.25) is 0 Å². The van der Waals surface area contributed by atoms with Crippen LogP contribution < -0.4 is 10.2 Å². The fourth-order valence-electron chi connectivity index (χ4n) is 4.19. The minimum absolute atomic E-state index is 0.0571. The quantitative estimate of drug-likeness (QED) is 0.675. The van der Waals surface area contributed by atoms with Crippen molar-refractivity contribution in [2.75, 3.05) is 44.4 Å². The van der Waals surface area contributed by atoms with Gasteiger partial charge in [0.2, 0.25) is 5.95 Å². The van der Waals surface area contributed by atoms with Gasteiger partial charge in [0.15, 0.2) is 0 Å². The van der Waals surface area contributed by atoms with Crippen LogP contribution >= 0.6 is 0 Å². The smallest absolute Gasteiger partial charge is 0.254 e. The number of nitrogens with zero attached hydrogens (tertiary/aromatic N) is 4. The number of benzene rings is 1. The molecule has 160 valence electrons. The average Bonchev–Trinajstić information content (AvgIpc) is 3.26. The van der Waals surface area contributed by atoms with E-state index in [0.29, 0.717) is 37.9 Å². The van der Waals surface area contributed by atoms with E-state index in [1.807, 2.05) is 24.4 Å². The summed E-state index contributed by atoms with van der Waals surface area (Å²) in [6.07, 6.45) is 5.84. The number of pyridine rings is 1. The largest absolute Gasteiger partial charge is 0.379 e. The number of ether oxygens (including phenoxy) is 2. The zero-order valence-electron chi connectivity index (χ0n) is 17.2. The Kier molecular flexibility index (Phi) is 5.73. The molecule has 2 fully saturated rings. The molecule has 5 rings (SSSR count). The average molecular weight is 419 g/mol. The van der Waals surface area contributed by atoms with Crippen LogP contribution in [0.5, 0.6) is 0 Å². The molecule has 31 heavy (non-hydrogen) atoms. The van der Waals surface area contributed by atoms with Gasteiger partial charge in [0.25, 0.3) is 5.91 Å². The molecule has 0 saturated carbocycles. The number of amides is 1. The summed E-state index contributed by atoms with van der Waals surface area (Å²) in [5, 5.41) is 4.27. The summed E-state index contributed by atoms with van der Waals surface area (Å²) in [6, 6.07) is 10.1. The van der Waals surface area contributed by atoms with E-state index in [0.717, 1.165) is 30.4 Å². The van der Waals surface area contributed by atoms with Crippen molar-refractivity contribution in [1.82, 2.24) is 20.3 Å². The number of nitrogens with one attached hydrogen (secondary N) is 1. The Morgan fingerprint density at radius 1 is 1.03 bits per heavy atom. The van der Waals surface area contributed by atoms with E-state index in [4.69, 9.17) is 9.47 Å². The number of carbonyl (C=O) groups is 1. The van der Waals surface area contributed by atoms with Gasteiger partial charge >= 0.3 is 0 Å². The van der Waals surface area contributed by atoms with Crippen LogP contribution in [0, 0.1) is 5.92 Å². The van der Waals surface area contributed by atoms with Crippen molar-refractivity contribution in [2.45, 2.75) is 12.5 Å². The van der Waals surface area contributed by atoms with Crippen LogP contribution in [-0.4, -0.2) is 66.4 Å². The number of rotatable bonds is 5. The molecule has 1 N–H and O–H groups in total. The highest BCUT2D eigenvalue weighted by Crippen LogP contribution is 2.24. The van der Waals surface area contributed by atoms with E-state index in [1.165, 1.54) is 5.56 Å². The van der Waals surface area contributed by atoms with E-state index < -0.39 is 0 Å². The molecule has 0 radical (unpaired) electrons. The highest BCUT2D eigenvalue weighted by molar-refractivity contribution is 5.94. The molecule has 2 aromatic heterocycles. The van der Waals surface area contributed by atoms with Gasteiger partial charge in [-0.05, 0) is 24.1 Å². The Labute approximate surface area is 180 Å². The van der Waals surface area contributed by atoms with Crippen LogP contribution in [0.4, 0.5) is 5.95 Å². The van der Waals surface area contributed by atoms with E-state index in [2.05, 4.69) is 37.3 Å². The maximum atomic E-state index is 12.8. The SMILES string of the molecule is O=C(N[C@@H]1COC[C@H]1Cc1ccnc2ccccc12)c1cnc(N2CCOCC2)nc1. The fourth-order valence-corrected chi connectivity index (χ4v) is 4.19. The van der Waals surface area contributed by atoms with Crippen molar-refractivity contribution >= 4 is 22.8 Å². The van der Waals surface area contributed by atoms with Crippen molar-refractivity contribution in [1.29, 1.82) is 0 Å². The molecule has 8 heteroatoms. The highest BCUT2D eigenvalue weighted by atomic mass is 16.5. The molecule has 2 aliphatic heterocycles. The third-order valence-corrected chi connectivity index (χ3v) is 5.93. The topological polar surface area (TPSA) is 89.5 Å². The van der Waals surface area contributed by atoms with Crippen LogP contribution in [0.1, 0.15) is 15.9 Å². The molecule has 1 amide bonds. The summed E-state index contributed by atoms with van der Waals surface area (Å²) in [4.78, 5) is 28.1. The lowest BCUT2D eigenvalue weighted by Crippen LogP contribution is -2.41. The van der Waals surface area contributed by atoms with Crippen molar-refractivity contribution < 1.29 is 14.3 Å². The van der Waals surface area contributed by atoms with Crippen molar-refractivity contribution in [3.8, 4) is 0 Å². The zero-order valence-corrected chi connectivity index (χ0v) is 17.2. The van der Waals surface area contributed by atoms with E-state index in [1.54, 1.807) is 12.4 Å². The normalized spacial score (nSPS) is 21.4. The van der Waals surface area contributed by atoms with Gasteiger partial charge in [-0.1, -0.05) is 18.2 Å². The highest BCUT2D eigenvalue weighted by Gasteiger charge is 2.30. The number of morpholine rings is 1. The Balaban J connectivity index is 1.25. The lowest BCUT2D eigenvalue weighted by molar-refractivity contribution is 0.0924. The van der Waals surface area contributed by atoms with Crippen LogP contribution in [0.25, 0.3) is 10.9 Å². The number of fused-ring (bicyclic) bond motifs is 1. The first-order chi connectivity index (χ1) is 15.3. The van der Waals surface area contributed by atoms with Gasteiger partial charge in [-0.25, -0.2) is 9.97 Å². The van der Waals surface area contributed by atoms with Gasteiger partial charge in [0.1, 0.15) is 0 Å². The summed E-state index contributed by atoms with van der Waals surface area (Å²) in [5.41, 5.74) is 2.66. The van der Waals surface area contributed by atoms with Gasteiger partial charge in [-0.2, -0.15) is 0 Å². The number of anilines is 1. The molecule has 4 heterocycles. The summed E-state index contributed by atoms with van der Waals surface area (Å²) in [5.74, 6) is 0.656. The third-order valence-electron chi connectivity index (χ3n) is 5.93. The molecule has 0 bridgehead atoms. The monoisotopic (exact) mass is 419 g/mol. The van der Waals surface area contributed by atoms with Gasteiger partial charge in [-0.3, -0.25) is 9.78 Å². The molecule has 1 aromatic carbocycles. The Bertz CT molecular complexity index is 1050. The molecule has 0 aliphatic carbocycles. The number of hydrogen-bond acceptors (Lipinski definition) is 7. The zero-order chi connectivity index (χ0) is 21.0. The number of para-hydroxylation sites is 1. The molecule has 0 spiro atoms. The lowest BCUT2D eigenvalue weighted by Gasteiger charge is -2.26. The number of aromatic nitrogens is 3. The van der Waals surface area contributed by atoms with Crippen LogP contribution in [0.3, 0.4) is 0 Å². The molecule has 8 nitrogen and oxygen atoms in total. The predicted octanol–water partition coefficient (Wildman–Crippen LogP) is 1.85. The second kappa shape index (κ2) is 8.95. The first kappa shape index (κ1) is 19.8. The summed E-state index contributed by atoms with van der Waals surface area (Å²) in [6.45, 7) is 3.98. The summed E-state index contributed by atoms with van der Waals surface area (Å²) < 4.78 is 11.1. The van der Waals surface area contributed by atoms with E-state index in [9.17, 15) is 4.79 Å². The minimum atomic E-state index is -0.173. The fraction of sp³-hybridized carbons (Fsp3) is 0.391. The van der Waals surface area contributed by atoms with Crippen molar-refractivity contribution in [3.63, 3.8) is 0 Å². The van der Waals surface area contributed by atoms with Crippen LogP contribution in [-0.2, 0) is 15.9 Å². The second-order valence-corrected chi connectivity index (χ2v) is 7.94. The Morgan fingerprint density at radius 3 is 2.68 bits per heavy atom. The first-order valence-corrected chi connectivity index (χ1v) is 10.6. The Morgan fingerprint density at radius 2 is 1.84 bits per heavy atom. The molecular weight excluding hydrogens is 394 g/mol. The third kappa shape index (κ3) is 4.35. The minimum Gasteiger partial charge on any atom is -0.379 e. The number of hydrogen-bond donors (Lipinski definition) is 1. The molecule has 2 aliphatic rings. The maximum Gasteiger partial charge on any atom is 0.254 e. The summed E-state index contributed by atoms with van der Waals surface area (Å²) >= 11 is 0. The van der Waals surface area contributed by atoms with Gasteiger partial charge in [0.05, 0.1) is 43.5 Å². The number of carbonyl (C=O) groups excluding carboxylic acids is 1. The second-order valence-electron chi connectivity index (χ2n) is 7.94. The van der Waals surface area contributed by atoms with Gasteiger partial charge in [-0.15, -0.1) is 0 Å². The van der Waals surface area contributed by atoms with E-state index in [-0.39, 0.29) is 17.9 Å². The predicted molar refractivity (Wildman–Crippen MR) is 116 cm³/mol. The van der Waals surface area contributed by atoms with Gasteiger partial charge < -0.3 is 19.7 Å². The molecule has 3 aromatic rings. The molecule has 2 saturated heterocycles. The Hall–Kier alpha value is -3.10. The molecule has 0 unspecified atom stereocenters. The standard InChI is InChI=1S/C23H25N5O3/c29-22(18-12-25-23(26-13-18)28-7-9-30-10-8-28)27-21-15-31-14-17(21)11-16-5-6-24-20-4-2-1-3-19(16)20/h1-6,12-13,17,21H,7-11,14-15H2,(H,27,29)/t17-,21-/m1/s1. The van der Waals surface area contributed by atoms with Crippen LogP contribution in [0.15, 0.2) is 48.9 Å². The first-order valence-electron chi connectivity index (χ1n) is 10.6. The van der Waals surface area contributed by atoms with Gasteiger partial charge in [0, 0.05) is 43.0 Å². The van der Waals surface area contributed by atoms with Crippen molar-refractivity contribution in [3.05, 3.63) is 60.0 Å². The lowest BCUT2D eigenvalue weighted by atomic mass is 9.93. The van der Waals surface area contributed by atoms with Crippen molar-refractivity contribution in [2.24, 2.45) is 5.92 Å². The van der Waals surface area contributed by atoms with E-state index >= 15 is 0 Å². The summed E-state index contributed by atoms with van der Waals surface area (Å²) in [7, 11) is 0. The molecule has 2 atom stereocenters. The molecular formula is C23H25N5O3. The maximum absolute atomic E-state index is 12.8.